The number of amides is 3. The summed E-state index contributed by atoms with van der Waals surface area (Å²) < 4.78 is 1.17. The van der Waals surface area contributed by atoms with Gasteiger partial charge in [0.15, 0.2) is 0 Å². The number of urea groups is 1. The first-order valence-electron chi connectivity index (χ1n) is 6.40. The summed E-state index contributed by atoms with van der Waals surface area (Å²) in [7, 11) is 0. The maximum absolute atomic E-state index is 12.0. The Hall–Kier alpha value is -2.65. The highest BCUT2D eigenvalue weighted by Crippen LogP contribution is 2.04. The summed E-state index contributed by atoms with van der Waals surface area (Å²) in [5, 5.41) is 21.3. The summed E-state index contributed by atoms with van der Waals surface area (Å²) >= 11 is 0. The first-order valence-corrected chi connectivity index (χ1v) is 6.40. The van der Waals surface area contributed by atoms with Crippen molar-refractivity contribution in [1.29, 1.82) is 0 Å². The van der Waals surface area contributed by atoms with Gasteiger partial charge in [0.2, 0.25) is 5.91 Å². The number of carboxylic acids is 1. The second kappa shape index (κ2) is 6.20. The molecule has 0 spiro atoms. The number of piperazine rings is 1. The first kappa shape index (κ1) is 14.8. The molecule has 1 aliphatic heterocycles. The normalized spacial score (nSPS) is 18.2. The Balaban J connectivity index is 1.87. The average Bonchev–Trinajstić information content (AvgIpc) is 2.86. The highest BCUT2D eigenvalue weighted by atomic mass is 16.4. The SMILES string of the molecule is CC1C(=O)NCCN1C(=O)NCc1cn(CC(=O)O)nn1. The van der Waals surface area contributed by atoms with Crippen LogP contribution in [-0.4, -0.2) is 62.0 Å². The number of nitrogens with zero attached hydrogens (tertiary/aromatic N) is 4. The number of nitrogens with one attached hydrogen (secondary N) is 2. The van der Waals surface area contributed by atoms with Gasteiger partial charge in [0.1, 0.15) is 18.3 Å². The van der Waals surface area contributed by atoms with Crippen molar-refractivity contribution in [2.45, 2.75) is 26.1 Å². The van der Waals surface area contributed by atoms with Crippen LogP contribution in [0.5, 0.6) is 0 Å². The molecule has 1 fully saturated rings. The number of carbonyl (C=O) groups is 3. The Labute approximate surface area is 120 Å². The highest BCUT2D eigenvalue weighted by Gasteiger charge is 2.29. The van der Waals surface area contributed by atoms with Crippen LogP contribution in [0.2, 0.25) is 0 Å². The molecule has 0 saturated carbocycles. The summed E-state index contributed by atoms with van der Waals surface area (Å²) in [5.74, 6) is -1.22. The largest absolute Gasteiger partial charge is 0.480 e. The monoisotopic (exact) mass is 296 g/mol. The summed E-state index contributed by atoms with van der Waals surface area (Å²) in [4.78, 5) is 35.4. The van der Waals surface area contributed by atoms with Crippen molar-refractivity contribution in [2.75, 3.05) is 13.1 Å². The number of carbonyl (C=O) groups excluding carboxylic acids is 2. The van der Waals surface area contributed by atoms with Gasteiger partial charge in [-0.3, -0.25) is 9.59 Å². The second-order valence-electron chi connectivity index (χ2n) is 4.62. The molecule has 0 bridgehead atoms. The molecular formula is C11H16N6O4. The lowest BCUT2D eigenvalue weighted by Crippen LogP contribution is -2.58. The van der Waals surface area contributed by atoms with Gasteiger partial charge in [-0.1, -0.05) is 5.21 Å². The van der Waals surface area contributed by atoms with Gasteiger partial charge >= 0.3 is 12.0 Å². The van der Waals surface area contributed by atoms with Crippen molar-refractivity contribution >= 4 is 17.9 Å². The summed E-state index contributed by atoms with van der Waals surface area (Å²) in [6.45, 7) is 2.33. The molecule has 3 amide bonds. The topological polar surface area (TPSA) is 129 Å². The fourth-order valence-corrected chi connectivity index (χ4v) is 1.96. The second-order valence-corrected chi connectivity index (χ2v) is 4.62. The standard InChI is InChI=1S/C11H16N6O4/c1-7-10(20)12-2-3-17(7)11(21)13-4-8-5-16(15-14-8)6-9(18)19/h5,7H,2-4,6H2,1H3,(H,12,20)(H,13,21)(H,18,19). The van der Waals surface area contributed by atoms with Gasteiger partial charge in [-0.05, 0) is 6.92 Å². The van der Waals surface area contributed by atoms with Gasteiger partial charge in [0, 0.05) is 13.1 Å². The molecule has 1 saturated heterocycles. The summed E-state index contributed by atoms with van der Waals surface area (Å²) in [6.07, 6.45) is 1.45. The molecule has 2 rings (SSSR count). The molecule has 0 aliphatic carbocycles. The van der Waals surface area contributed by atoms with Crippen LogP contribution in [0.1, 0.15) is 12.6 Å². The minimum Gasteiger partial charge on any atom is -0.480 e. The molecule has 3 N–H and O–H groups in total. The number of aliphatic carboxylic acids is 1. The Morgan fingerprint density at radius 3 is 3.05 bits per heavy atom. The smallest absolute Gasteiger partial charge is 0.325 e. The third-order valence-corrected chi connectivity index (χ3v) is 3.06. The third kappa shape index (κ3) is 3.68. The Bertz CT molecular complexity index is 557. The molecule has 1 atom stereocenters. The van der Waals surface area contributed by atoms with Crippen molar-refractivity contribution in [1.82, 2.24) is 30.5 Å². The third-order valence-electron chi connectivity index (χ3n) is 3.06. The maximum Gasteiger partial charge on any atom is 0.325 e. The van der Waals surface area contributed by atoms with Crippen molar-refractivity contribution in [3.05, 3.63) is 11.9 Å². The van der Waals surface area contributed by atoms with Crippen LogP contribution in [0.3, 0.4) is 0 Å². The molecule has 1 aromatic heterocycles. The zero-order valence-electron chi connectivity index (χ0n) is 11.4. The molecule has 1 aliphatic rings. The van der Waals surface area contributed by atoms with Crippen molar-refractivity contribution in [3.63, 3.8) is 0 Å². The van der Waals surface area contributed by atoms with Gasteiger partial charge in [-0.15, -0.1) is 5.10 Å². The Kier molecular flexibility index (Phi) is 4.36. The van der Waals surface area contributed by atoms with Gasteiger partial charge in [-0.2, -0.15) is 0 Å². The van der Waals surface area contributed by atoms with Crippen LogP contribution in [-0.2, 0) is 22.7 Å². The van der Waals surface area contributed by atoms with Gasteiger partial charge in [-0.25, -0.2) is 9.48 Å². The van der Waals surface area contributed by atoms with E-state index in [1.54, 1.807) is 6.92 Å². The van der Waals surface area contributed by atoms with E-state index in [0.29, 0.717) is 18.8 Å². The lowest BCUT2D eigenvalue weighted by Gasteiger charge is -2.32. The van der Waals surface area contributed by atoms with Crippen LogP contribution in [0.25, 0.3) is 0 Å². The van der Waals surface area contributed by atoms with E-state index < -0.39 is 12.0 Å². The number of aromatic nitrogens is 3. The zero-order valence-corrected chi connectivity index (χ0v) is 11.4. The molecule has 10 nitrogen and oxygen atoms in total. The lowest BCUT2D eigenvalue weighted by molar-refractivity contribution is -0.138. The van der Waals surface area contributed by atoms with E-state index in [4.69, 9.17) is 5.11 Å². The van der Waals surface area contributed by atoms with Crippen molar-refractivity contribution in [2.24, 2.45) is 0 Å². The predicted octanol–water partition coefficient (Wildman–Crippen LogP) is -1.61. The molecule has 1 aromatic rings. The van der Waals surface area contributed by atoms with E-state index in [1.165, 1.54) is 15.8 Å². The van der Waals surface area contributed by atoms with Gasteiger partial charge in [0.25, 0.3) is 0 Å². The fraction of sp³-hybridized carbons (Fsp3) is 0.545. The predicted molar refractivity (Wildman–Crippen MR) is 69.1 cm³/mol. The van der Waals surface area contributed by atoms with E-state index in [2.05, 4.69) is 20.9 Å². The number of hydrogen-bond donors (Lipinski definition) is 3. The minimum atomic E-state index is -1.02. The van der Waals surface area contributed by atoms with Gasteiger partial charge < -0.3 is 20.6 Å². The zero-order chi connectivity index (χ0) is 15.4. The Morgan fingerprint density at radius 1 is 1.57 bits per heavy atom. The molecule has 1 unspecified atom stereocenters. The van der Waals surface area contributed by atoms with E-state index >= 15 is 0 Å². The van der Waals surface area contributed by atoms with E-state index in [0.717, 1.165) is 0 Å². The van der Waals surface area contributed by atoms with Crippen LogP contribution in [0, 0.1) is 0 Å². The molecule has 21 heavy (non-hydrogen) atoms. The van der Waals surface area contributed by atoms with Crippen molar-refractivity contribution < 1.29 is 19.5 Å². The Morgan fingerprint density at radius 2 is 2.33 bits per heavy atom. The van der Waals surface area contributed by atoms with E-state index in [-0.39, 0.29) is 25.0 Å². The highest BCUT2D eigenvalue weighted by molar-refractivity contribution is 5.87. The summed E-state index contributed by atoms with van der Waals surface area (Å²) in [6, 6.07) is -0.897. The number of hydrogen-bond acceptors (Lipinski definition) is 5. The van der Waals surface area contributed by atoms with Crippen molar-refractivity contribution in [3.8, 4) is 0 Å². The van der Waals surface area contributed by atoms with Crippen LogP contribution in [0.15, 0.2) is 6.20 Å². The van der Waals surface area contributed by atoms with Crippen LogP contribution in [0.4, 0.5) is 4.79 Å². The molecule has 0 aromatic carbocycles. The molecule has 0 radical (unpaired) electrons. The maximum atomic E-state index is 12.0. The molecule has 10 heteroatoms. The van der Waals surface area contributed by atoms with Crippen LogP contribution >= 0.6 is 0 Å². The lowest BCUT2D eigenvalue weighted by atomic mass is 10.2. The first-order chi connectivity index (χ1) is 9.97. The van der Waals surface area contributed by atoms with E-state index in [1.807, 2.05) is 0 Å². The summed E-state index contributed by atoms with van der Waals surface area (Å²) in [5.41, 5.74) is 0.443. The van der Waals surface area contributed by atoms with Gasteiger partial charge in [0.05, 0.1) is 12.7 Å². The fourth-order valence-electron chi connectivity index (χ4n) is 1.96. The molecule has 114 valence electrons. The number of rotatable bonds is 4. The minimum absolute atomic E-state index is 0.114. The number of carboxylic acid groups (broad SMARTS) is 1. The average molecular weight is 296 g/mol. The quantitative estimate of drug-likeness (QED) is 0.613. The van der Waals surface area contributed by atoms with Crippen LogP contribution < -0.4 is 10.6 Å². The molecular weight excluding hydrogens is 280 g/mol. The molecule has 2 heterocycles. The van der Waals surface area contributed by atoms with E-state index in [9.17, 15) is 14.4 Å².